The van der Waals surface area contributed by atoms with Gasteiger partial charge in [0.1, 0.15) is 0 Å². The third kappa shape index (κ3) is 3.54. The maximum atomic E-state index is 12.8. The summed E-state index contributed by atoms with van der Waals surface area (Å²) < 4.78 is 13.1. The summed E-state index contributed by atoms with van der Waals surface area (Å²) in [5.41, 5.74) is 5.92. The van der Waals surface area contributed by atoms with E-state index in [0.717, 1.165) is 57.5 Å². The summed E-state index contributed by atoms with van der Waals surface area (Å²) in [7, 11) is 0. The van der Waals surface area contributed by atoms with Crippen molar-refractivity contribution in [3.05, 3.63) is 53.1 Å². The number of aryl methyl sites for hydroxylation is 3. The predicted molar refractivity (Wildman–Crippen MR) is 126 cm³/mol. The number of nitrogens with zero attached hydrogens (tertiary/aromatic N) is 3. The molecule has 32 heavy (non-hydrogen) atoms. The van der Waals surface area contributed by atoms with Crippen LogP contribution in [0.2, 0.25) is 0 Å². The van der Waals surface area contributed by atoms with Gasteiger partial charge in [0.2, 0.25) is 12.7 Å². The van der Waals surface area contributed by atoms with E-state index in [0.29, 0.717) is 10.9 Å². The van der Waals surface area contributed by atoms with E-state index in [2.05, 4.69) is 47.6 Å². The highest BCUT2D eigenvalue weighted by Crippen LogP contribution is 2.37. The molecule has 1 N–H and O–H groups in total. The molecule has 7 nitrogen and oxygen atoms in total. The first kappa shape index (κ1) is 20.6. The summed E-state index contributed by atoms with van der Waals surface area (Å²) in [6, 6.07) is 12.2. The Bertz CT molecular complexity index is 1330. The molecule has 4 aromatic rings. The van der Waals surface area contributed by atoms with Crippen LogP contribution in [0.15, 0.2) is 41.6 Å². The first-order chi connectivity index (χ1) is 15.6. The van der Waals surface area contributed by atoms with Crippen LogP contribution in [0.3, 0.4) is 0 Å². The Kier molecular flexibility index (Phi) is 5.38. The van der Waals surface area contributed by atoms with E-state index in [1.807, 2.05) is 29.5 Å². The Morgan fingerprint density at radius 2 is 1.81 bits per heavy atom. The SMILES string of the molecule is CCc1cccc(CC)c1NC(=O)CSc1nnc2c(C)cc3cc4c(cc3n12)OCO4. The molecule has 0 unspecified atom stereocenters. The van der Waals surface area contributed by atoms with E-state index in [-0.39, 0.29) is 18.5 Å². The zero-order valence-electron chi connectivity index (χ0n) is 18.3. The lowest BCUT2D eigenvalue weighted by molar-refractivity contribution is -0.113. The molecule has 8 heteroatoms. The highest BCUT2D eigenvalue weighted by molar-refractivity contribution is 7.99. The Morgan fingerprint density at radius 3 is 2.53 bits per heavy atom. The molecule has 5 rings (SSSR count). The molecule has 3 heterocycles. The number of rotatable bonds is 6. The van der Waals surface area contributed by atoms with Gasteiger partial charge in [-0.25, -0.2) is 0 Å². The third-order valence-corrected chi connectivity index (χ3v) is 6.65. The van der Waals surface area contributed by atoms with Crippen LogP contribution in [0.25, 0.3) is 16.6 Å². The molecular formula is C24H24N4O3S. The number of anilines is 1. The van der Waals surface area contributed by atoms with Crippen molar-refractivity contribution in [1.82, 2.24) is 14.6 Å². The first-order valence-corrected chi connectivity index (χ1v) is 11.7. The fourth-order valence-corrected chi connectivity index (χ4v) is 4.84. The monoisotopic (exact) mass is 448 g/mol. The van der Waals surface area contributed by atoms with Gasteiger partial charge in [0.15, 0.2) is 22.3 Å². The molecule has 0 atom stereocenters. The van der Waals surface area contributed by atoms with Gasteiger partial charge in [-0.2, -0.15) is 0 Å². The molecule has 2 aromatic heterocycles. The number of hydrogen-bond donors (Lipinski definition) is 1. The summed E-state index contributed by atoms with van der Waals surface area (Å²) in [5, 5.41) is 13.5. The minimum Gasteiger partial charge on any atom is -0.454 e. The number of aromatic nitrogens is 3. The number of para-hydroxylation sites is 1. The molecule has 0 spiro atoms. The van der Waals surface area contributed by atoms with Crippen molar-refractivity contribution in [3.63, 3.8) is 0 Å². The van der Waals surface area contributed by atoms with Crippen molar-refractivity contribution in [3.8, 4) is 11.5 Å². The van der Waals surface area contributed by atoms with Gasteiger partial charge in [0, 0.05) is 17.1 Å². The van der Waals surface area contributed by atoms with E-state index in [4.69, 9.17) is 9.47 Å². The molecular weight excluding hydrogens is 424 g/mol. The van der Waals surface area contributed by atoms with Crippen LogP contribution in [-0.4, -0.2) is 33.1 Å². The summed E-state index contributed by atoms with van der Waals surface area (Å²) >= 11 is 1.37. The number of hydrogen-bond acceptors (Lipinski definition) is 6. The first-order valence-electron chi connectivity index (χ1n) is 10.7. The van der Waals surface area contributed by atoms with Crippen molar-refractivity contribution in [2.24, 2.45) is 0 Å². The second-order valence-electron chi connectivity index (χ2n) is 7.73. The summed E-state index contributed by atoms with van der Waals surface area (Å²) in [5.74, 6) is 1.62. The number of ether oxygens (including phenoxy) is 2. The normalized spacial score (nSPS) is 12.6. The maximum Gasteiger partial charge on any atom is 0.234 e. The fourth-order valence-electron chi connectivity index (χ4n) is 4.10. The van der Waals surface area contributed by atoms with Gasteiger partial charge >= 0.3 is 0 Å². The Morgan fingerprint density at radius 1 is 1.09 bits per heavy atom. The number of pyridine rings is 1. The minimum atomic E-state index is -0.0584. The number of benzene rings is 2. The summed E-state index contributed by atoms with van der Waals surface area (Å²) in [6.07, 6.45) is 1.74. The van der Waals surface area contributed by atoms with Crippen LogP contribution in [0.1, 0.15) is 30.5 Å². The quantitative estimate of drug-likeness (QED) is 0.428. The molecule has 1 aliphatic rings. The van der Waals surface area contributed by atoms with E-state index in [9.17, 15) is 4.79 Å². The van der Waals surface area contributed by atoms with Gasteiger partial charge < -0.3 is 14.8 Å². The molecule has 0 bridgehead atoms. The number of nitrogens with one attached hydrogen (secondary N) is 1. The van der Waals surface area contributed by atoms with E-state index >= 15 is 0 Å². The van der Waals surface area contributed by atoms with Crippen LogP contribution in [0, 0.1) is 6.92 Å². The van der Waals surface area contributed by atoms with Crippen molar-refractivity contribution >= 4 is 39.9 Å². The molecule has 1 amide bonds. The number of carbonyl (C=O) groups excluding carboxylic acids is 1. The van der Waals surface area contributed by atoms with Crippen LogP contribution in [-0.2, 0) is 17.6 Å². The molecule has 2 aromatic carbocycles. The number of amides is 1. The van der Waals surface area contributed by atoms with E-state index in [1.165, 1.54) is 11.8 Å². The van der Waals surface area contributed by atoms with Crippen LogP contribution >= 0.6 is 11.8 Å². The number of thioether (sulfide) groups is 1. The molecule has 0 aliphatic carbocycles. The zero-order valence-corrected chi connectivity index (χ0v) is 19.1. The predicted octanol–water partition coefficient (Wildman–Crippen LogP) is 4.78. The fraction of sp³-hybridized carbons (Fsp3) is 0.292. The van der Waals surface area contributed by atoms with Crippen molar-refractivity contribution in [1.29, 1.82) is 0 Å². The Labute approximate surface area is 190 Å². The summed E-state index contributed by atoms with van der Waals surface area (Å²) in [6.45, 7) is 6.42. The van der Waals surface area contributed by atoms with Crippen molar-refractivity contribution in [2.45, 2.75) is 38.8 Å². The average Bonchev–Trinajstić information content (AvgIpc) is 3.43. The second-order valence-corrected chi connectivity index (χ2v) is 8.67. The molecule has 0 radical (unpaired) electrons. The lowest BCUT2D eigenvalue weighted by atomic mass is 10.0. The smallest absolute Gasteiger partial charge is 0.234 e. The molecule has 0 fully saturated rings. The molecule has 164 valence electrons. The van der Waals surface area contributed by atoms with Crippen LogP contribution in [0.5, 0.6) is 11.5 Å². The number of carbonyl (C=O) groups is 1. The van der Waals surface area contributed by atoms with Gasteiger partial charge in [-0.15, -0.1) is 10.2 Å². The second kappa shape index (κ2) is 8.35. The zero-order chi connectivity index (χ0) is 22.2. The molecule has 1 aliphatic heterocycles. The van der Waals surface area contributed by atoms with Crippen LogP contribution < -0.4 is 14.8 Å². The van der Waals surface area contributed by atoms with Crippen molar-refractivity contribution < 1.29 is 14.3 Å². The average molecular weight is 449 g/mol. The Balaban J connectivity index is 1.44. The highest BCUT2D eigenvalue weighted by Gasteiger charge is 2.19. The minimum absolute atomic E-state index is 0.0584. The molecule has 0 saturated carbocycles. The van der Waals surface area contributed by atoms with Gasteiger partial charge in [0.25, 0.3) is 0 Å². The van der Waals surface area contributed by atoms with Gasteiger partial charge in [0.05, 0.1) is 11.3 Å². The Hall–Kier alpha value is -3.26. The van der Waals surface area contributed by atoms with Crippen LogP contribution in [0.4, 0.5) is 5.69 Å². The topological polar surface area (TPSA) is 77.8 Å². The van der Waals surface area contributed by atoms with E-state index < -0.39 is 0 Å². The van der Waals surface area contributed by atoms with Gasteiger partial charge in [-0.05, 0) is 48.6 Å². The van der Waals surface area contributed by atoms with Gasteiger partial charge in [-0.3, -0.25) is 9.20 Å². The number of fused-ring (bicyclic) bond motifs is 4. The highest BCUT2D eigenvalue weighted by atomic mass is 32.2. The third-order valence-electron chi connectivity index (χ3n) is 5.72. The molecule has 0 saturated heterocycles. The largest absolute Gasteiger partial charge is 0.454 e. The lowest BCUT2D eigenvalue weighted by Crippen LogP contribution is -2.17. The lowest BCUT2D eigenvalue weighted by Gasteiger charge is -2.14. The standard InChI is InChI=1S/C24H24N4O3S/c1-4-15-7-6-8-16(5-2)22(15)25-21(29)12-32-24-27-26-23-14(3)9-17-10-19-20(31-13-30-19)11-18(17)28(23)24/h6-11H,4-5,12-13H2,1-3H3,(H,25,29). The summed E-state index contributed by atoms with van der Waals surface area (Å²) in [4.78, 5) is 12.8. The van der Waals surface area contributed by atoms with Crippen molar-refractivity contribution in [2.75, 3.05) is 17.9 Å². The van der Waals surface area contributed by atoms with Gasteiger partial charge in [-0.1, -0.05) is 43.8 Å². The van der Waals surface area contributed by atoms with E-state index in [1.54, 1.807) is 0 Å². The maximum absolute atomic E-state index is 12.8.